The molecule has 27 heavy (non-hydrogen) atoms. The zero-order chi connectivity index (χ0) is 20.2. The van der Waals surface area contributed by atoms with Crippen LogP contribution >= 0.6 is 0 Å². The van der Waals surface area contributed by atoms with Crippen LogP contribution in [0.15, 0.2) is 54.6 Å². The molecule has 0 aromatic heterocycles. The molecule has 3 nitrogen and oxygen atoms in total. The van der Waals surface area contributed by atoms with Crippen LogP contribution in [0.25, 0.3) is 5.57 Å². The number of carbonyl (C=O) groups excluding carboxylic acids is 1. The molecule has 0 radical (unpaired) electrons. The van der Waals surface area contributed by atoms with Crippen molar-refractivity contribution in [2.24, 2.45) is 0 Å². The van der Waals surface area contributed by atoms with Gasteiger partial charge in [0.25, 0.3) is 0 Å². The lowest BCUT2D eigenvalue weighted by Gasteiger charge is -2.13. The van der Waals surface area contributed by atoms with E-state index < -0.39 is 24.2 Å². The van der Waals surface area contributed by atoms with Crippen molar-refractivity contribution in [1.82, 2.24) is 0 Å². The van der Waals surface area contributed by atoms with Crippen molar-refractivity contribution in [3.05, 3.63) is 65.7 Å². The van der Waals surface area contributed by atoms with Gasteiger partial charge in [0.2, 0.25) is 0 Å². The topological polar surface area (TPSA) is 35.5 Å². The Morgan fingerprint density at radius 3 is 1.33 bits per heavy atom. The molecular weight excluding hydrogens is 378 g/mol. The van der Waals surface area contributed by atoms with Crippen LogP contribution < -0.4 is 9.47 Å². The van der Waals surface area contributed by atoms with Crippen molar-refractivity contribution < 1.29 is 40.6 Å². The molecule has 144 valence electrons. The Morgan fingerprint density at radius 1 is 0.741 bits per heavy atom. The number of ketones is 1. The van der Waals surface area contributed by atoms with E-state index in [2.05, 4.69) is 9.47 Å². The lowest BCUT2D eigenvalue weighted by molar-refractivity contribution is -0.275. The number of hydrogen-bond donors (Lipinski definition) is 0. The average Bonchev–Trinajstić information content (AvgIpc) is 2.51. The molecule has 0 heterocycles. The first-order valence-electron chi connectivity index (χ1n) is 7.37. The molecule has 0 amide bonds. The van der Waals surface area contributed by atoms with Gasteiger partial charge in [0, 0.05) is 0 Å². The largest absolute Gasteiger partial charge is 0.573 e. The van der Waals surface area contributed by atoms with Crippen molar-refractivity contribution in [3.8, 4) is 11.5 Å². The van der Waals surface area contributed by atoms with Gasteiger partial charge in [0.15, 0.2) is 5.78 Å². The highest BCUT2D eigenvalue weighted by Gasteiger charge is 2.31. The predicted molar refractivity (Wildman–Crippen MR) is 84.0 cm³/mol. The second-order valence-electron chi connectivity index (χ2n) is 5.31. The molecule has 0 aliphatic carbocycles. The second-order valence-corrected chi connectivity index (χ2v) is 5.31. The molecule has 0 saturated carbocycles. The van der Waals surface area contributed by atoms with E-state index in [1.807, 2.05) is 0 Å². The van der Waals surface area contributed by atoms with Gasteiger partial charge in [0.1, 0.15) is 11.5 Å². The van der Waals surface area contributed by atoms with E-state index in [-0.39, 0.29) is 5.78 Å². The smallest absolute Gasteiger partial charge is 0.406 e. The minimum atomic E-state index is -4.84. The third-order valence-corrected chi connectivity index (χ3v) is 3.15. The molecule has 0 N–H and O–H groups in total. The molecule has 0 fully saturated rings. The Bertz CT molecular complexity index is 757. The lowest BCUT2D eigenvalue weighted by Crippen LogP contribution is -2.17. The number of carbonyl (C=O) groups is 1. The second kappa shape index (κ2) is 7.73. The number of benzene rings is 2. The van der Waals surface area contributed by atoms with Crippen molar-refractivity contribution >= 4 is 11.4 Å². The Kier molecular flexibility index (Phi) is 5.82. The lowest BCUT2D eigenvalue weighted by atomic mass is 9.96. The van der Waals surface area contributed by atoms with E-state index in [1.165, 1.54) is 37.3 Å². The number of halogens is 6. The van der Waals surface area contributed by atoms with E-state index >= 15 is 0 Å². The molecule has 0 spiro atoms. The van der Waals surface area contributed by atoms with Crippen molar-refractivity contribution in [3.63, 3.8) is 0 Å². The molecular formula is C18H12F6O3. The minimum Gasteiger partial charge on any atom is -0.406 e. The Labute approximate surface area is 149 Å². The molecule has 2 aromatic rings. The zero-order valence-corrected chi connectivity index (χ0v) is 13.7. The van der Waals surface area contributed by atoms with Crippen molar-refractivity contribution in [2.75, 3.05) is 0 Å². The standard InChI is InChI=1S/C18H12F6O3/c1-11(25)10-16(12-2-6-14(7-3-12)26-17(19,20)21)13-4-8-15(9-5-13)27-18(22,23)24/h2-10H,1H3. The number of hydrogen-bond acceptors (Lipinski definition) is 3. The van der Waals surface area contributed by atoms with Gasteiger partial charge in [-0.2, -0.15) is 0 Å². The van der Waals surface area contributed by atoms with Crippen molar-refractivity contribution in [1.29, 1.82) is 0 Å². The van der Waals surface area contributed by atoms with Crippen LogP contribution in [0, 0.1) is 0 Å². The van der Waals surface area contributed by atoms with Crippen LogP contribution in [-0.2, 0) is 4.79 Å². The van der Waals surface area contributed by atoms with Gasteiger partial charge in [-0.1, -0.05) is 24.3 Å². The summed E-state index contributed by atoms with van der Waals surface area (Å²) in [5.74, 6) is -1.24. The summed E-state index contributed by atoms with van der Waals surface area (Å²) in [7, 11) is 0. The first kappa shape index (κ1) is 20.3. The van der Waals surface area contributed by atoms with Crippen molar-refractivity contribution in [2.45, 2.75) is 19.6 Å². The van der Waals surface area contributed by atoms with Gasteiger partial charge in [-0.25, -0.2) is 0 Å². The predicted octanol–water partition coefficient (Wildman–Crippen LogP) is 5.50. The summed E-state index contributed by atoms with van der Waals surface area (Å²) in [6, 6.07) is 9.48. The summed E-state index contributed by atoms with van der Waals surface area (Å²) in [5.41, 5.74) is 1.08. The van der Waals surface area contributed by atoms with Gasteiger partial charge in [-0.3, -0.25) is 4.79 Å². The van der Waals surface area contributed by atoms with Gasteiger partial charge in [0.05, 0.1) is 0 Å². The average molecular weight is 390 g/mol. The van der Waals surface area contributed by atoms with Crippen LogP contribution in [0.3, 0.4) is 0 Å². The third kappa shape index (κ3) is 6.69. The summed E-state index contributed by atoms with van der Waals surface area (Å²) < 4.78 is 80.9. The van der Waals surface area contributed by atoms with E-state index in [9.17, 15) is 31.1 Å². The molecule has 0 aliphatic heterocycles. The van der Waals surface area contributed by atoms with Crippen LogP contribution in [-0.4, -0.2) is 18.5 Å². The van der Waals surface area contributed by atoms with Gasteiger partial charge in [-0.15, -0.1) is 26.3 Å². The van der Waals surface area contributed by atoms with E-state index in [4.69, 9.17) is 0 Å². The number of alkyl halides is 6. The SMILES string of the molecule is CC(=O)C=C(c1ccc(OC(F)(F)F)cc1)c1ccc(OC(F)(F)F)cc1. The highest BCUT2D eigenvalue weighted by Crippen LogP contribution is 2.30. The number of allylic oxidation sites excluding steroid dienone is 1. The van der Waals surface area contributed by atoms with E-state index in [1.54, 1.807) is 0 Å². The van der Waals surface area contributed by atoms with Crippen LogP contribution in [0.4, 0.5) is 26.3 Å². The fourth-order valence-corrected chi connectivity index (χ4v) is 2.21. The summed E-state index contributed by atoms with van der Waals surface area (Å²) in [6.07, 6.45) is -8.46. The fourth-order valence-electron chi connectivity index (χ4n) is 2.21. The highest BCUT2D eigenvalue weighted by atomic mass is 19.4. The van der Waals surface area contributed by atoms with Crippen LogP contribution in [0.1, 0.15) is 18.1 Å². The first-order chi connectivity index (χ1) is 12.4. The molecule has 0 unspecified atom stereocenters. The number of ether oxygens (including phenoxy) is 2. The monoisotopic (exact) mass is 390 g/mol. The minimum absolute atomic E-state index is 0.319. The highest BCUT2D eigenvalue weighted by molar-refractivity contribution is 5.99. The summed E-state index contributed by atoms with van der Waals surface area (Å²) in [4.78, 5) is 11.5. The summed E-state index contributed by atoms with van der Waals surface area (Å²) in [6.45, 7) is 1.27. The maximum Gasteiger partial charge on any atom is 0.573 e. The molecule has 9 heteroatoms. The van der Waals surface area contributed by atoms with Gasteiger partial charge >= 0.3 is 12.7 Å². The maximum absolute atomic E-state index is 12.2. The Hall–Kier alpha value is -2.97. The maximum atomic E-state index is 12.2. The normalized spacial score (nSPS) is 11.7. The summed E-state index contributed by atoms with van der Waals surface area (Å²) >= 11 is 0. The molecule has 2 aromatic carbocycles. The fraction of sp³-hybridized carbons (Fsp3) is 0.167. The molecule has 2 rings (SSSR count). The summed E-state index contributed by atoms with van der Waals surface area (Å²) in [5, 5.41) is 0. The zero-order valence-electron chi connectivity index (χ0n) is 13.7. The Balaban J connectivity index is 2.32. The van der Waals surface area contributed by atoms with Crippen LogP contribution in [0.5, 0.6) is 11.5 Å². The Morgan fingerprint density at radius 2 is 1.07 bits per heavy atom. The first-order valence-corrected chi connectivity index (χ1v) is 7.37. The molecule has 0 bridgehead atoms. The third-order valence-electron chi connectivity index (χ3n) is 3.15. The van der Waals surface area contributed by atoms with E-state index in [0.29, 0.717) is 16.7 Å². The van der Waals surface area contributed by atoms with E-state index in [0.717, 1.165) is 24.3 Å². The molecule has 0 atom stereocenters. The van der Waals surface area contributed by atoms with Gasteiger partial charge in [-0.05, 0) is 54.0 Å². The molecule has 0 saturated heterocycles. The quantitative estimate of drug-likeness (QED) is 0.499. The van der Waals surface area contributed by atoms with Gasteiger partial charge < -0.3 is 9.47 Å². The number of rotatable bonds is 5. The van der Waals surface area contributed by atoms with Crippen LogP contribution in [0.2, 0.25) is 0 Å². The molecule has 0 aliphatic rings.